The Bertz CT molecular complexity index is 234. The van der Waals surface area contributed by atoms with Crippen LogP contribution in [0.25, 0.3) is 0 Å². The van der Waals surface area contributed by atoms with E-state index in [4.69, 9.17) is 0 Å². The van der Waals surface area contributed by atoms with Gasteiger partial charge in [-0.15, -0.1) is 0 Å². The molecule has 1 amide bonds. The zero-order valence-corrected chi connectivity index (χ0v) is 8.97. The molecule has 4 heteroatoms. The molecule has 4 nitrogen and oxygen atoms in total. The molecule has 0 saturated carbocycles. The van der Waals surface area contributed by atoms with Crippen LogP contribution in [0, 0.1) is 5.92 Å². The number of carbonyl (C=O) groups is 1. The van der Waals surface area contributed by atoms with E-state index in [1.54, 1.807) is 5.01 Å². The summed E-state index contributed by atoms with van der Waals surface area (Å²) in [5.41, 5.74) is 3.21. The van der Waals surface area contributed by atoms with Gasteiger partial charge >= 0.3 is 0 Å². The average Bonchev–Trinajstić information content (AvgIpc) is 2.61. The lowest BCUT2D eigenvalue weighted by atomic mass is 10.0. The topological polar surface area (TPSA) is 44.4 Å². The highest BCUT2D eigenvalue weighted by molar-refractivity contribution is 5.79. The Morgan fingerprint density at radius 3 is 2.86 bits per heavy atom. The van der Waals surface area contributed by atoms with Crippen LogP contribution in [-0.4, -0.2) is 36.1 Å². The van der Waals surface area contributed by atoms with Gasteiger partial charge in [0.1, 0.15) is 0 Å². The third kappa shape index (κ3) is 2.07. The van der Waals surface area contributed by atoms with Gasteiger partial charge in [-0.05, 0) is 39.3 Å². The Balaban J connectivity index is 1.89. The van der Waals surface area contributed by atoms with Crippen molar-refractivity contribution in [3.05, 3.63) is 0 Å². The summed E-state index contributed by atoms with van der Waals surface area (Å²) in [5, 5.41) is 5.12. The van der Waals surface area contributed by atoms with Gasteiger partial charge < -0.3 is 5.32 Å². The van der Waals surface area contributed by atoms with E-state index in [1.165, 1.54) is 6.42 Å². The first-order valence-electron chi connectivity index (χ1n) is 5.36. The first kappa shape index (κ1) is 9.93. The first-order valence-corrected chi connectivity index (χ1v) is 5.36. The Morgan fingerprint density at radius 1 is 1.57 bits per heavy atom. The van der Waals surface area contributed by atoms with Crippen LogP contribution in [0.1, 0.15) is 26.7 Å². The smallest absolute Gasteiger partial charge is 0.238 e. The molecular weight excluding hydrogens is 178 g/mol. The van der Waals surface area contributed by atoms with E-state index in [0.29, 0.717) is 12.3 Å². The van der Waals surface area contributed by atoms with Crippen molar-refractivity contribution in [2.75, 3.05) is 19.6 Å². The van der Waals surface area contributed by atoms with E-state index in [9.17, 15) is 4.79 Å². The second-order valence-electron chi connectivity index (χ2n) is 5.04. The molecule has 2 N–H and O–H groups in total. The largest absolute Gasteiger partial charge is 0.316 e. The molecule has 2 rings (SSSR count). The SMILES string of the molecule is CC1(C)CC(=O)N(CC2CCNC2)N1. The van der Waals surface area contributed by atoms with E-state index in [0.717, 1.165) is 19.6 Å². The third-order valence-electron chi connectivity index (χ3n) is 2.93. The number of hydrogen-bond acceptors (Lipinski definition) is 3. The summed E-state index contributed by atoms with van der Waals surface area (Å²) in [5.74, 6) is 0.863. The van der Waals surface area contributed by atoms with E-state index in [-0.39, 0.29) is 11.4 Å². The Labute approximate surface area is 85.0 Å². The van der Waals surface area contributed by atoms with Crippen LogP contribution in [0.15, 0.2) is 0 Å². The molecule has 2 aliphatic heterocycles. The maximum absolute atomic E-state index is 11.6. The van der Waals surface area contributed by atoms with Gasteiger partial charge in [0.2, 0.25) is 5.91 Å². The summed E-state index contributed by atoms with van der Waals surface area (Å²) in [6.45, 7) is 7.13. The van der Waals surface area contributed by atoms with Crippen molar-refractivity contribution in [2.45, 2.75) is 32.2 Å². The molecule has 80 valence electrons. The predicted octanol–water partition coefficient (Wildman–Crippen LogP) is 0.111. The summed E-state index contributed by atoms with van der Waals surface area (Å²) in [4.78, 5) is 11.6. The van der Waals surface area contributed by atoms with Gasteiger partial charge in [0.05, 0.1) is 0 Å². The molecule has 0 bridgehead atoms. The molecule has 0 aromatic rings. The van der Waals surface area contributed by atoms with Gasteiger partial charge in [-0.1, -0.05) is 0 Å². The monoisotopic (exact) mass is 197 g/mol. The molecule has 0 radical (unpaired) electrons. The van der Waals surface area contributed by atoms with Gasteiger partial charge in [-0.25, -0.2) is 5.43 Å². The Morgan fingerprint density at radius 2 is 2.36 bits per heavy atom. The molecule has 1 atom stereocenters. The van der Waals surface area contributed by atoms with Crippen LogP contribution < -0.4 is 10.7 Å². The van der Waals surface area contributed by atoms with Gasteiger partial charge in [0.15, 0.2) is 0 Å². The van der Waals surface area contributed by atoms with Gasteiger partial charge in [-0.2, -0.15) is 0 Å². The molecule has 0 spiro atoms. The summed E-state index contributed by atoms with van der Waals surface area (Å²) < 4.78 is 0. The van der Waals surface area contributed by atoms with E-state index in [1.807, 2.05) is 0 Å². The number of nitrogens with zero attached hydrogens (tertiary/aromatic N) is 1. The van der Waals surface area contributed by atoms with Crippen LogP contribution in [0.5, 0.6) is 0 Å². The number of nitrogens with one attached hydrogen (secondary N) is 2. The molecule has 0 aromatic heterocycles. The van der Waals surface area contributed by atoms with E-state index >= 15 is 0 Å². The second-order valence-corrected chi connectivity index (χ2v) is 5.04. The lowest BCUT2D eigenvalue weighted by molar-refractivity contribution is -0.130. The highest BCUT2D eigenvalue weighted by Gasteiger charge is 2.36. The van der Waals surface area contributed by atoms with Crippen LogP contribution in [0.3, 0.4) is 0 Å². The second kappa shape index (κ2) is 3.51. The van der Waals surface area contributed by atoms with Crippen molar-refractivity contribution in [2.24, 2.45) is 5.92 Å². The number of rotatable bonds is 2. The van der Waals surface area contributed by atoms with Crippen LogP contribution in [-0.2, 0) is 4.79 Å². The minimum atomic E-state index is -0.0525. The van der Waals surface area contributed by atoms with Crippen molar-refractivity contribution in [1.82, 2.24) is 15.8 Å². The van der Waals surface area contributed by atoms with Crippen molar-refractivity contribution in [3.8, 4) is 0 Å². The lowest BCUT2D eigenvalue weighted by Crippen LogP contribution is -2.44. The normalized spacial score (nSPS) is 31.4. The Hall–Kier alpha value is -0.610. The Kier molecular flexibility index (Phi) is 2.49. The number of amides is 1. The van der Waals surface area contributed by atoms with Crippen molar-refractivity contribution in [1.29, 1.82) is 0 Å². The fourth-order valence-corrected chi connectivity index (χ4v) is 2.22. The fraction of sp³-hybridized carbons (Fsp3) is 0.900. The maximum atomic E-state index is 11.6. The van der Waals surface area contributed by atoms with E-state index in [2.05, 4.69) is 24.6 Å². The molecular formula is C10H19N3O. The quantitative estimate of drug-likeness (QED) is 0.660. The maximum Gasteiger partial charge on any atom is 0.238 e. The highest BCUT2D eigenvalue weighted by atomic mass is 16.2. The molecule has 1 unspecified atom stereocenters. The predicted molar refractivity (Wildman–Crippen MR) is 54.5 cm³/mol. The van der Waals surface area contributed by atoms with Crippen LogP contribution in [0.4, 0.5) is 0 Å². The summed E-state index contributed by atoms with van der Waals surface area (Å²) in [6.07, 6.45) is 1.80. The average molecular weight is 197 g/mol. The molecule has 2 fully saturated rings. The third-order valence-corrected chi connectivity index (χ3v) is 2.93. The lowest BCUT2D eigenvalue weighted by Gasteiger charge is -2.23. The number of carbonyl (C=O) groups excluding carboxylic acids is 1. The minimum absolute atomic E-state index is 0.0525. The van der Waals surface area contributed by atoms with Crippen LogP contribution >= 0.6 is 0 Å². The zero-order chi connectivity index (χ0) is 10.2. The van der Waals surface area contributed by atoms with Gasteiger partial charge in [0.25, 0.3) is 0 Å². The number of hydrogen-bond donors (Lipinski definition) is 2. The van der Waals surface area contributed by atoms with E-state index < -0.39 is 0 Å². The fourth-order valence-electron chi connectivity index (χ4n) is 2.22. The molecule has 0 aliphatic carbocycles. The summed E-state index contributed by atoms with van der Waals surface area (Å²) >= 11 is 0. The summed E-state index contributed by atoms with van der Waals surface area (Å²) in [6, 6.07) is 0. The summed E-state index contributed by atoms with van der Waals surface area (Å²) in [7, 11) is 0. The van der Waals surface area contributed by atoms with Crippen molar-refractivity contribution in [3.63, 3.8) is 0 Å². The van der Waals surface area contributed by atoms with Gasteiger partial charge in [-0.3, -0.25) is 9.80 Å². The molecule has 14 heavy (non-hydrogen) atoms. The van der Waals surface area contributed by atoms with Crippen LogP contribution in [0.2, 0.25) is 0 Å². The standard InChI is InChI=1S/C10H19N3O/c1-10(2)5-9(14)13(12-10)7-8-3-4-11-6-8/h8,11-12H,3-7H2,1-2H3. The molecule has 2 heterocycles. The molecule has 2 aliphatic rings. The highest BCUT2D eigenvalue weighted by Crippen LogP contribution is 2.20. The zero-order valence-electron chi connectivity index (χ0n) is 8.97. The minimum Gasteiger partial charge on any atom is -0.316 e. The molecule has 2 saturated heterocycles. The van der Waals surface area contributed by atoms with Crippen molar-refractivity contribution < 1.29 is 4.79 Å². The van der Waals surface area contributed by atoms with Gasteiger partial charge in [0, 0.05) is 18.5 Å². The first-order chi connectivity index (χ1) is 6.57. The van der Waals surface area contributed by atoms with Crippen molar-refractivity contribution >= 4 is 5.91 Å². The number of hydrazine groups is 1. The molecule has 0 aromatic carbocycles.